The third-order valence-corrected chi connectivity index (χ3v) is 8.51. The molecule has 1 aliphatic heterocycles. The van der Waals surface area contributed by atoms with Gasteiger partial charge in [0.2, 0.25) is 11.8 Å². The first kappa shape index (κ1) is 33.2. The first-order chi connectivity index (χ1) is 21.1. The second kappa shape index (κ2) is 15.3. The van der Waals surface area contributed by atoms with E-state index in [-0.39, 0.29) is 29.9 Å². The Morgan fingerprint density at radius 2 is 1.86 bits per heavy atom. The molecule has 4 rings (SSSR count). The number of imidazole rings is 1. The molecule has 11 heteroatoms. The maximum atomic E-state index is 14.0. The third-order valence-electron chi connectivity index (χ3n) is 8.51. The normalized spacial score (nSPS) is 16.5. The fourth-order valence-corrected chi connectivity index (χ4v) is 5.87. The maximum Gasteiger partial charge on any atom is 0.254 e. The quantitative estimate of drug-likeness (QED) is 0.278. The number of rotatable bonds is 14. The molecule has 1 aromatic carbocycles. The Kier molecular flexibility index (Phi) is 11.6. The van der Waals surface area contributed by atoms with Crippen LogP contribution in [-0.2, 0) is 9.59 Å². The summed E-state index contributed by atoms with van der Waals surface area (Å²) in [7, 11) is 0. The van der Waals surface area contributed by atoms with Gasteiger partial charge < -0.3 is 29.2 Å². The number of nitrogens with one attached hydrogen (secondary N) is 1. The van der Waals surface area contributed by atoms with Gasteiger partial charge in [-0.25, -0.2) is 4.98 Å². The molecule has 1 saturated heterocycles. The van der Waals surface area contributed by atoms with Gasteiger partial charge in [0, 0.05) is 50.3 Å². The Hall–Kier alpha value is -3.70. The van der Waals surface area contributed by atoms with Crippen LogP contribution in [-0.4, -0.2) is 86.4 Å². The number of carbonyl (C=O) groups is 2. The van der Waals surface area contributed by atoms with Crippen LogP contribution in [0.2, 0.25) is 0 Å². The molecule has 0 bridgehead atoms. The Bertz CT molecular complexity index is 1340. The predicted molar refractivity (Wildman–Crippen MR) is 168 cm³/mol. The number of likely N-dealkylation sites (N-methyl/N-ethyl adjacent to an activating group) is 1. The van der Waals surface area contributed by atoms with Crippen molar-refractivity contribution in [2.45, 2.75) is 84.9 Å². The Balaban J connectivity index is 1.38. The lowest BCUT2D eigenvalue weighted by atomic mass is 9.91. The molecule has 240 valence electrons. The molecule has 3 aromatic rings. The SMILES string of the molecule is CC[C@@H](C(=O)N[C@@H](C)c1ccc(-n2ccnc2C)cc1)N(CC)C(=O)C(c1cc(OCCN2CCC(O)CC2)no1)C(C)C. The summed E-state index contributed by atoms with van der Waals surface area (Å²) in [6.07, 6.45) is 5.49. The molecule has 11 nitrogen and oxygen atoms in total. The van der Waals surface area contributed by atoms with Crippen molar-refractivity contribution in [1.29, 1.82) is 0 Å². The highest BCUT2D eigenvalue weighted by Crippen LogP contribution is 2.30. The van der Waals surface area contributed by atoms with Gasteiger partial charge in [-0.2, -0.15) is 0 Å². The number of ether oxygens (including phenoxy) is 1. The molecule has 1 aliphatic rings. The smallest absolute Gasteiger partial charge is 0.254 e. The predicted octanol–water partition coefficient (Wildman–Crippen LogP) is 4.25. The van der Waals surface area contributed by atoms with Gasteiger partial charge in [-0.1, -0.05) is 32.9 Å². The maximum absolute atomic E-state index is 14.0. The lowest BCUT2D eigenvalue weighted by molar-refractivity contribution is -0.143. The summed E-state index contributed by atoms with van der Waals surface area (Å²) in [4.78, 5) is 35.7. The lowest BCUT2D eigenvalue weighted by Crippen LogP contribution is -2.51. The van der Waals surface area contributed by atoms with Crippen molar-refractivity contribution in [3.8, 4) is 11.6 Å². The summed E-state index contributed by atoms with van der Waals surface area (Å²) in [6, 6.07) is 8.83. The highest BCUT2D eigenvalue weighted by molar-refractivity contribution is 5.90. The average molecular weight is 609 g/mol. The van der Waals surface area contributed by atoms with E-state index in [4.69, 9.17) is 9.26 Å². The molecule has 0 spiro atoms. The van der Waals surface area contributed by atoms with Gasteiger partial charge >= 0.3 is 0 Å². The summed E-state index contributed by atoms with van der Waals surface area (Å²) in [6.45, 7) is 14.9. The van der Waals surface area contributed by atoms with Gasteiger partial charge in [0.1, 0.15) is 24.4 Å². The number of hydrogen-bond acceptors (Lipinski definition) is 8. The molecule has 0 radical (unpaired) electrons. The molecule has 1 unspecified atom stereocenters. The first-order valence-corrected chi connectivity index (χ1v) is 15.8. The average Bonchev–Trinajstić information content (AvgIpc) is 3.65. The van der Waals surface area contributed by atoms with Gasteiger partial charge in [-0.05, 0) is 68.8 Å². The summed E-state index contributed by atoms with van der Waals surface area (Å²) >= 11 is 0. The molecule has 2 amide bonds. The van der Waals surface area contributed by atoms with Gasteiger partial charge in [0.15, 0.2) is 5.76 Å². The Morgan fingerprint density at radius 3 is 2.45 bits per heavy atom. The van der Waals surface area contributed by atoms with E-state index in [0.29, 0.717) is 31.2 Å². The topological polar surface area (TPSA) is 126 Å². The number of aromatic nitrogens is 3. The first-order valence-electron chi connectivity index (χ1n) is 15.8. The van der Waals surface area contributed by atoms with E-state index in [1.165, 1.54) is 0 Å². The molecule has 2 aromatic heterocycles. The standard InChI is InChI=1S/C33H48N6O5/c1-7-28(32(41)35-23(5)25-9-11-26(12-10-25)39-18-15-34-24(39)6)38(8-2)33(42)31(22(3)4)29-21-30(36-44-29)43-20-19-37-16-13-27(40)14-17-37/h9-12,15,18,21-23,27-28,31,40H,7-8,13-14,16-17,19-20H2,1-6H3,(H,35,41)/t23-,28-,31?/m0/s1. The number of aliphatic hydroxyl groups excluding tert-OH is 1. The minimum atomic E-state index is -0.634. The molecule has 44 heavy (non-hydrogen) atoms. The summed E-state index contributed by atoms with van der Waals surface area (Å²) < 4.78 is 13.5. The number of hydrogen-bond donors (Lipinski definition) is 2. The lowest BCUT2D eigenvalue weighted by Gasteiger charge is -2.33. The van der Waals surface area contributed by atoms with E-state index in [9.17, 15) is 14.7 Å². The van der Waals surface area contributed by atoms with Crippen molar-refractivity contribution in [3.63, 3.8) is 0 Å². The molecule has 1 fully saturated rings. The van der Waals surface area contributed by atoms with Gasteiger partial charge in [-0.3, -0.25) is 14.5 Å². The van der Waals surface area contributed by atoms with E-state index in [0.717, 1.165) is 49.6 Å². The van der Waals surface area contributed by atoms with Crippen molar-refractivity contribution in [1.82, 2.24) is 29.8 Å². The van der Waals surface area contributed by atoms with Crippen molar-refractivity contribution in [2.75, 3.05) is 32.8 Å². The largest absolute Gasteiger partial charge is 0.474 e. The van der Waals surface area contributed by atoms with Crippen LogP contribution in [0.15, 0.2) is 47.2 Å². The number of likely N-dealkylation sites (tertiary alicyclic amines) is 1. The summed E-state index contributed by atoms with van der Waals surface area (Å²) in [5.74, 6) is 0.600. The zero-order valence-electron chi connectivity index (χ0n) is 26.9. The molecule has 0 saturated carbocycles. The van der Waals surface area contributed by atoms with E-state index in [1.807, 2.05) is 76.6 Å². The van der Waals surface area contributed by atoms with Gasteiger partial charge in [0.05, 0.1) is 12.1 Å². The van der Waals surface area contributed by atoms with Crippen LogP contribution >= 0.6 is 0 Å². The van der Waals surface area contributed by atoms with Crippen LogP contribution in [0, 0.1) is 12.8 Å². The van der Waals surface area contributed by atoms with E-state index >= 15 is 0 Å². The fourth-order valence-electron chi connectivity index (χ4n) is 5.87. The van der Waals surface area contributed by atoms with Gasteiger partial charge in [-0.15, -0.1) is 0 Å². The van der Waals surface area contributed by atoms with Gasteiger partial charge in [0.25, 0.3) is 5.88 Å². The zero-order chi connectivity index (χ0) is 31.8. The summed E-state index contributed by atoms with van der Waals surface area (Å²) in [5, 5.41) is 16.9. The molecular formula is C33H48N6O5. The number of aliphatic hydroxyl groups is 1. The second-order valence-electron chi connectivity index (χ2n) is 11.9. The number of carbonyl (C=O) groups excluding carboxylic acids is 2. The highest BCUT2D eigenvalue weighted by Gasteiger charge is 2.37. The van der Waals surface area contributed by atoms with Crippen LogP contribution in [0.25, 0.3) is 5.69 Å². The van der Waals surface area contributed by atoms with Crippen molar-refractivity contribution in [2.24, 2.45) is 5.92 Å². The monoisotopic (exact) mass is 608 g/mol. The molecule has 3 heterocycles. The summed E-state index contributed by atoms with van der Waals surface area (Å²) in [5.41, 5.74) is 1.97. The highest BCUT2D eigenvalue weighted by atomic mass is 16.5. The number of benzene rings is 1. The molecule has 0 aliphatic carbocycles. The third kappa shape index (κ3) is 8.06. The van der Waals surface area contributed by atoms with E-state index < -0.39 is 12.0 Å². The number of nitrogens with zero attached hydrogens (tertiary/aromatic N) is 5. The van der Waals surface area contributed by atoms with E-state index in [1.54, 1.807) is 17.2 Å². The zero-order valence-corrected chi connectivity index (χ0v) is 26.9. The van der Waals surface area contributed by atoms with Crippen LogP contribution in [0.1, 0.15) is 83.0 Å². The van der Waals surface area contributed by atoms with Crippen molar-refractivity contribution in [3.05, 3.63) is 59.9 Å². The van der Waals surface area contributed by atoms with Crippen molar-refractivity contribution < 1.29 is 24.0 Å². The van der Waals surface area contributed by atoms with Crippen LogP contribution in [0.3, 0.4) is 0 Å². The second-order valence-corrected chi connectivity index (χ2v) is 11.9. The molecule has 2 N–H and O–H groups in total. The van der Waals surface area contributed by atoms with Crippen LogP contribution in [0.5, 0.6) is 5.88 Å². The number of aryl methyl sites for hydroxylation is 1. The minimum Gasteiger partial charge on any atom is -0.474 e. The number of piperidine rings is 1. The van der Waals surface area contributed by atoms with E-state index in [2.05, 4.69) is 20.4 Å². The Morgan fingerprint density at radius 1 is 1.16 bits per heavy atom. The fraction of sp³-hybridized carbons (Fsp3) is 0.576. The molecule has 3 atom stereocenters. The number of amides is 2. The minimum absolute atomic E-state index is 0.0886. The Labute approximate surface area is 260 Å². The van der Waals surface area contributed by atoms with Crippen molar-refractivity contribution >= 4 is 11.8 Å². The molecular weight excluding hydrogens is 560 g/mol. The van der Waals surface area contributed by atoms with Crippen LogP contribution in [0.4, 0.5) is 0 Å². The van der Waals surface area contributed by atoms with Crippen LogP contribution < -0.4 is 10.1 Å².